The van der Waals surface area contributed by atoms with Crippen molar-refractivity contribution in [2.45, 2.75) is 41.5 Å². The maximum atomic E-state index is 4.99. The number of benzene rings is 2. The van der Waals surface area contributed by atoms with Gasteiger partial charge in [0.25, 0.3) is 0 Å². The van der Waals surface area contributed by atoms with E-state index in [1.807, 2.05) is 0 Å². The van der Waals surface area contributed by atoms with Crippen molar-refractivity contribution in [2.24, 2.45) is 0 Å². The van der Waals surface area contributed by atoms with Gasteiger partial charge in [-0.15, -0.1) is 0 Å². The molecule has 27 heavy (non-hydrogen) atoms. The summed E-state index contributed by atoms with van der Waals surface area (Å²) in [5.74, 6) is 0. The Morgan fingerprint density at radius 3 is 1.15 bits per heavy atom. The van der Waals surface area contributed by atoms with Crippen molar-refractivity contribution in [3.05, 3.63) is 76.4 Å². The minimum atomic E-state index is -2.06. The van der Waals surface area contributed by atoms with Crippen LogP contribution in [0.25, 0.3) is 11.4 Å². The summed E-state index contributed by atoms with van der Waals surface area (Å²) in [6.07, 6.45) is 6.46. The van der Waals surface area contributed by atoms with Crippen LogP contribution in [-0.4, -0.2) is 22.4 Å². The molecule has 0 spiro atoms. The molecule has 0 aliphatic rings. The number of aromatic nitrogens is 2. The van der Waals surface area contributed by atoms with Gasteiger partial charge in [0.2, 0.25) is 0 Å². The van der Waals surface area contributed by atoms with Crippen molar-refractivity contribution in [2.75, 3.05) is 0 Å². The van der Waals surface area contributed by atoms with Gasteiger partial charge in [-0.3, -0.25) is 0 Å². The Hall–Kier alpha value is -0.844. The maximum absolute atomic E-state index is 4.99. The van der Waals surface area contributed by atoms with Crippen LogP contribution in [0.15, 0.2) is 43.0 Å². The SMILES string of the molecule is Cc1cc(C)c(-n2ccn(-c3c(C)cc(C)cc3C)[cH+]2)c(C)c1.[Cl][Ga-]([Cl])[Cl]. The van der Waals surface area contributed by atoms with Gasteiger partial charge in [-0.1, -0.05) is 0 Å². The van der Waals surface area contributed by atoms with Crippen LogP contribution in [0.2, 0.25) is 0 Å². The average Bonchev–Trinajstić information content (AvgIpc) is 2.93. The van der Waals surface area contributed by atoms with Gasteiger partial charge in [-0.2, -0.15) is 0 Å². The Kier molecular flexibility index (Phi) is 7.96. The third kappa shape index (κ3) is 5.82. The molecular formula is C21H25Cl3GaN2. The Balaban J connectivity index is 0.000000596. The van der Waals surface area contributed by atoms with Crippen molar-refractivity contribution in [3.8, 4) is 11.4 Å². The van der Waals surface area contributed by atoms with Crippen LogP contribution < -0.4 is 0 Å². The monoisotopic (exact) mass is 479 g/mol. The van der Waals surface area contributed by atoms with Gasteiger partial charge in [-0.25, -0.2) is 9.13 Å². The third-order valence-electron chi connectivity index (χ3n) is 4.42. The Bertz CT molecular complexity index is 828. The van der Waals surface area contributed by atoms with E-state index in [9.17, 15) is 0 Å². The fourth-order valence-electron chi connectivity index (χ4n) is 3.78. The molecule has 0 unspecified atom stereocenters. The van der Waals surface area contributed by atoms with Crippen molar-refractivity contribution in [1.29, 1.82) is 0 Å². The quantitative estimate of drug-likeness (QED) is 0.273. The van der Waals surface area contributed by atoms with Crippen LogP contribution in [-0.2, 0) is 0 Å². The van der Waals surface area contributed by atoms with E-state index in [2.05, 4.69) is 93.7 Å². The molecule has 2 nitrogen and oxygen atoms in total. The second kappa shape index (κ2) is 9.57. The van der Waals surface area contributed by atoms with E-state index in [4.69, 9.17) is 28.9 Å². The van der Waals surface area contributed by atoms with Crippen LogP contribution in [0.3, 0.4) is 0 Å². The summed E-state index contributed by atoms with van der Waals surface area (Å²) in [5, 5.41) is 0. The number of rotatable bonds is 2. The summed E-state index contributed by atoms with van der Waals surface area (Å²) < 4.78 is 4.45. The van der Waals surface area contributed by atoms with E-state index >= 15 is 0 Å². The summed E-state index contributed by atoms with van der Waals surface area (Å²) in [7, 11) is 15.0. The molecule has 143 valence electrons. The molecule has 3 aromatic rings. The van der Waals surface area contributed by atoms with E-state index in [1.165, 1.54) is 44.8 Å². The summed E-state index contributed by atoms with van der Waals surface area (Å²) in [6, 6.07) is 8.98. The molecule has 3 rings (SSSR count). The molecule has 6 heteroatoms. The summed E-state index contributed by atoms with van der Waals surface area (Å²) in [4.78, 5) is 0. The molecule has 0 aliphatic heterocycles. The summed E-state index contributed by atoms with van der Waals surface area (Å²) in [5.41, 5.74) is 10.4. The predicted octanol–water partition coefficient (Wildman–Crippen LogP) is 7.09. The number of aryl methyl sites for hydroxylation is 6. The van der Waals surface area contributed by atoms with E-state index < -0.39 is 13.2 Å². The molecule has 1 heterocycles. The van der Waals surface area contributed by atoms with Crippen LogP contribution >= 0.6 is 28.9 Å². The van der Waals surface area contributed by atoms with Gasteiger partial charge < -0.3 is 0 Å². The molecule has 1 aromatic heterocycles. The molecular weight excluding hydrogens is 456 g/mol. The van der Waals surface area contributed by atoms with Crippen molar-refractivity contribution in [3.63, 3.8) is 0 Å². The van der Waals surface area contributed by atoms with E-state index in [1.54, 1.807) is 0 Å². The number of nitrogens with zero attached hydrogens (tertiary/aromatic N) is 2. The van der Waals surface area contributed by atoms with Crippen molar-refractivity contribution in [1.82, 2.24) is 9.13 Å². The molecule has 0 atom stereocenters. The first-order valence-electron chi connectivity index (χ1n) is 8.78. The number of hydrogen-bond acceptors (Lipinski definition) is 0. The zero-order valence-electron chi connectivity index (χ0n) is 16.6. The van der Waals surface area contributed by atoms with Gasteiger partial charge in [0.05, 0.1) is 0 Å². The summed E-state index contributed by atoms with van der Waals surface area (Å²) in [6.45, 7) is 13.0. The van der Waals surface area contributed by atoms with Gasteiger partial charge >= 0.3 is 42.1 Å². The second-order valence-electron chi connectivity index (χ2n) is 6.97. The molecule has 2 aromatic carbocycles. The Morgan fingerprint density at radius 2 is 0.889 bits per heavy atom. The third-order valence-corrected chi connectivity index (χ3v) is 4.42. The molecule has 0 saturated heterocycles. The van der Waals surface area contributed by atoms with Crippen molar-refractivity contribution < 1.29 is 0 Å². The summed E-state index contributed by atoms with van der Waals surface area (Å²) >= 11 is -2.06. The molecule has 0 bridgehead atoms. The minimum absolute atomic E-state index is 1.27. The van der Waals surface area contributed by atoms with Gasteiger partial charge in [0, 0.05) is 22.3 Å². The molecule has 1 radical (unpaired) electrons. The molecule has 0 aliphatic carbocycles. The fourth-order valence-corrected chi connectivity index (χ4v) is 3.78. The van der Waals surface area contributed by atoms with E-state index in [-0.39, 0.29) is 0 Å². The average molecular weight is 482 g/mol. The fraction of sp³-hybridized carbons (Fsp3) is 0.286. The van der Waals surface area contributed by atoms with Gasteiger partial charge in [-0.05, 0) is 76.9 Å². The standard InChI is InChI=1S/C21H25N2.3ClH.Ga/c1-14-9-16(3)20(17(4)10-14)22-7-8-23(13-22)21-18(5)11-15(2)12-19(21)6;;;;/h7-13H,1-6H3;3*1H;/q+1;;;;+2/p-3. The zero-order chi connectivity index (χ0) is 20.3. The first kappa shape index (κ1) is 22.4. The Labute approximate surface area is 179 Å². The van der Waals surface area contributed by atoms with Gasteiger partial charge in [0.15, 0.2) is 6.33 Å². The first-order valence-corrected chi connectivity index (χ1v) is 18.3. The van der Waals surface area contributed by atoms with Crippen LogP contribution in [0.1, 0.15) is 33.4 Å². The van der Waals surface area contributed by atoms with E-state index in [0.29, 0.717) is 0 Å². The van der Waals surface area contributed by atoms with Crippen molar-refractivity contribution >= 4 is 42.1 Å². The second-order valence-corrected chi connectivity index (χ2v) is 18.3. The predicted molar refractivity (Wildman–Crippen MR) is 121 cm³/mol. The first-order chi connectivity index (χ1) is 12.6. The number of halogens is 3. The molecule has 0 amide bonds. The molecule has 0 saturated carbocycles. The van der Waals surface area contributed by atoms with Crippen LogP contribution in [0.5, 0.6) is 0 Å². The Morgan fingerprint density at radius 1 is 0.630 bits per heavy atom. The van der Waals surface area contributed by atoms with Crippen LogP contribution in [0, 0.1) is 41.5 Å². The number of hydrogen-bond donors (Lipinski definition) is 0. The normalized spacial score (nSPS) is 10.7. The zero-order valence-corrected chi connectivity index (χ0v) is 21.3. The molecule has 0 fully saturated rings. The van der Waals surface area contributed by atoms with Gasteiger partial charge in [0.1, 0.15) is 23.8 Å². The van der Waals surface area contributed by atoms with E-state index in [0.717, 1.165) is 0 Å². The molecule has 0 N–H and O–H groups in total. The topological polar surface area (TPSA) is 9.86 Å². The number of imidazole rings is 1. The van der Waals surface area contributed by atoms with Crippen LogP contribution in [0.4, 0.5) is 0 Å².